The van der Waals surface area contributed by atoms with E-state index in [9.17, 15) is 0 Å². The van der Waals surface area contributed by atoms with Crippen LogP contribution in [-0.4, -0.2) is 64.1 Å². The third-order valence-corrected chi connectivity index (χ3v) is 6.34. The fourth-order valence-corrected chi connectivity index (χ4v) is 4.66. The minimum atomic E-state index is 0.0613. The largest absolute Gasteiger partial charge is 0.492 e. The molecule has 156 valence electrons. The number of para-hydroxylation sites is 2. The van der Waals surface area contributed by atoms with Gasteiger partial charge in [0.25, 0.3) is 0 Å². The van der Waals surface area contributed by atoms with E-state index in [1.807, 2.05) is 0 Å². The highest BCUT2D eigenvalue weighted by molar-refractivity contribution is 7.94. The average molecular weight is 415 g/mol. The summed E-state index contributed by atoms with van der Waals surface area (Å²) in [4.78, 5) is 5.98. The van der Waals surface area contributed by atoms with Crippen LogP contribution in [0.25, 0.3) is 0 Å². The van der Waals surface area contributed by atoms with Gasteiger partial charge in [0, 0.05) is 57.6 Å². The SMILES string of the molecule is COC(COSc1cccc2c1OCCC2)CN1CCN(c2ccccc2)CC1. The van der Waals surface area contributed by atoms with Crippen molar-refractivity contribution in [1.82, 2.24) is 4.90 Å². The molecule has 0 aliphatic carbocycles. The van der Waals surface area contributed by atoms with Crippen molar-refractivity contribution < 1.29 is 13.7 Å². The van der Waals surface area contributed by atoms with Gasteiger partial charge in [-0.2, -0.15) is 0 Å². The quantitative estimate of drug-likeness (QED) is 0.610. The number of nitrogens with zero attached hydrogens (tertiary/aromatic N) is 2. The number of fused-ring (bicyclic) bond motifs is 1. The Labute approximate surface area is 178 Å². The van der Waals surface area contributed by atoms with Gasteiger partial charge < -0.3 is 18.6 Å². The Morgan fingerprint density at radius 2 is 1.86 bits per heavy atom. The van der Waals surface area contributed by atoms with Gasteiger partial charge in [0.05, 0.1) is 24.2 Å². The highest BCUT2D eigenvalue weighted by Gasteiger charge is 2.21. The van der Waals surface area contributed by atoms with Crippen LogP contribution in [0.2, 0.25) is 0 Å². The van der Waals surface area contributed by atoms with Gasteiger partial charge in [-0.15, -0.1) is 0 Å². The number of methoxy groups -OCH3 is 1. The van der Waals surface area contributed by atoms with Gasteiger partial charge in [-0.3, -0.25) is 4.90 Å². The van der Waals surface area contributed by atoms with Crippen LogP contribution < -0.4 is 9.64 Å². The van der Waals surface area contributed by atoms with Crippen LogP contribution in [0.4, 0.5) is 5.69 Å². The molecule has 4 rings (SSSR count). The van der Waals surface area contributed by atoms with Crippen LogP contribution in [0.15, 0.2) is 53.4 Å². The summed E-state index contributed by atoms with van der Waals surface area (Å²) in [6.45, 7) is 6.42. The molecule has 0 aromatic heterocycles. The maximum atomic E-state index is 5.95. The molecule has 0 spiro atoms. The number of piperazine rings is 1. The van der Waals surface area contributed by atoms with Gasteiger partial charge in [-0.05, 0) is 36.6 Å². The molecular weight excluding hydrogens is 384 g/mol. The van der Waals surface area contributed by atoms with Crippen LogP contribution in [0.5, 0.6) is 5.75 Å². The Kier molecular flexibility index (Phi) is 7.33. The first-order chi connectivity index (χ1) is 14.3. The molecule has 0 amide bonds. The van der Waals surface area contributed by atoms with E-state index >= 15 is 0 Å². The van der Waals surface area contributed by atoms with Crippen LogP contribution in [0, 0.1) is 0 Å². The molecule has 0 saturated carbocycles. The highest BCUT2D eigenvalue weighted by atomic mass is 32.2. The van der Waals surface area contributed by atoms with Crippen molar-refractivity contribution in [3.63, 3.8) is 0 Å². The van der Waals surface area contributed by atoms with Crippen molar-refractivity contribution in [1.29, 1.82) is 0 Å². The van der Waals surface area contributed by atoms with Crippen molar-refractivity contribution in [2.24, 2.45) is 0 Å². The van der Waals surface area contributed by atoms with Crippen molar-refractivity contribution in [3.8, 4) is 5.75 Å². The molecule has 2 aromatic rings. The van der Waals surface area contributed by atoms with E-state index in [1.165, 1.54) is 23.3 Å². The molecule has 2 aromatic carbocycles. The van der Waals surface area contributed by atoms with Crippen LogP contribution in [0.3, 0.4) is 0 Å². The monoisotopic (exact) mass is 414 g/mol. The molecule has 5 nitrogen and oxygen atoms in total. The normalized spacial score (nSPS) is 18.2. The van der Waals surface area contributed by atoms with Crippen molar-refractivity contribution >= 4 is 17.7 Å². The van der Waals surface area contributed by atoms with E-state index in [4.69, 9.17) is 13.7 Å². The number of benzene rings is 2. The Bertz CT molecular complexity index is 766. The minimum Gasteiger partial charge on any atom is -0.492 e. The summed E-state index contributed by atoms with van der Waals surface area (Å²) < 4.78 is 17.5. The van der Waals surface area contributed by atoms with Crippen molar-refractivity contribution in [2.75, 3.05) is 57.9 Å². The lowest BCUT2D eigenvalue weighted by molar-refractivity contribution is 0.0333. The summed E-state index contributed by atoms with van der Waals surface area (Å²) in [5.41, 5.74) is 2.59. The summed E-state index contributed by atoms with van der Waals surface area (Å²) in [5, 5.41) is 0. The van der Waals surface area contributed by atoms with Gasteiger partial charge in [0.1, 0.15) is 5.75 Å². The van der Waals surface area contributed by atoms with Crippen LogP contribution in [-0.2, 0) is 15.3 Å². The first kappa shape index (κ1) is 20.5. The average Bonchev–Trinajstić information content (AvgIpc) is 2.79. The Morgan fingerprint density at radius 3 is 2.66 bits per heavy atom. The molecule has 6 heteroatoms. The third-order valence-electron chi connectivity index (χ3n) is 5.59. The maximum Gasteiger partial charge on any atom is 0.138 e. The number of aryl methyl sites for hydroxylation is 1. The van der Waals surface area contributed by atoms with E-state index in [2.05, 4.69) is 58.3 Å². The third kappa shape index (κ3) is 5.45. The predicted molar refractivity (Wildman–Crippen MR) is 118 cm³/mol. The summed E-state index contributed by atoms with van der Waals surface area (Å²) in [5.74, 6) is 0.995. The fourth-order valence-electron chi connectivity index (χ4n) is 3.91. The van der Waals surface area contributed by atoms with Crippen molar-refractivity contribution in [3.05, 3.63) is 54.1 Å². The number of ether oxygens (including phenoxy) is 2. The van der Waals surface area contributed by atoms with E-state index in [-0.39, 0.29) is 6.10 Å². The lowest BCUT2D eigenvalue weighted by Crippen LogP contribution is -2.49. The minimum absolute atomic E-state index is 0.0613. The molecule has 1 unspecified atom stereocenters. The molecule has 0 N–H and O–H groups in total. The zero-order valence-corrected chi connectivity index (χ0v) is 17.9. The topological polar surface area (TPSA) is 34.2 Å². The second-order valence-corrected chi connectivity index (χ2v) is 8.39. The molecule has 2 aliphatic heterocycles. The Balaban J connectivity index is 1.22. The molecule has 1 fully saturated rings. The molecular formula is C23H30N2O3S. The fraction of sp³-hybridized carbons (Fsp3) is 0.478. The summed E-state index contributed by atoms with van der Waals surface area (Å²) >= 11 is 1.41. The predicted octanol–water partition coefficient (Wildman–Crippen LogP) is 3.87. The van der Waals surface area contributed by atoms with E-state index in [1.54, 1.807) is 7.11 Å². The van der Waals surface area contributed by atoms with Gasteiger partial charge in [0.15, 0.2) is 0 Å². The Hall–Kier alpha value is -1.73. The van der Waals surface area contributed by atoms with Gasteiger partial charge in [-0.25, -0.2) is 0 Å². The lowest BCUT2D eigenvalue weighted by Gasteiger charge is -2.37. The number of hydrogen-bond acceptors (Lipinski definition) is 6. The van der Waals surface area contributed by atoms with E-state index < -0.39 is 0 Å². The van der Waals surface area contributed by atoms with Gasteiger partial charge in [0.2, 0.25) is 0 Å². The smallest absolute Gasteiger partial charge is 0.138 e. The standard InChI is InChI=1S/C23H30N2O3S/c1-26-21(17-24-12-14-25(15-13-24)20-9-3-2-4-10-20)18-28-29-22-11-5-7-19-8-6-16-27-23(19)22/h2-5,7,9-11,21H,6,8,12-18H2,1H3. The van der Waals surface area contributed by atoms with Crippen LogP contribution >= 0.6 is 12.0 Å². The van der Waals surface area contributed by atoms with Gasteiger partial charge >= 0.3 is 0 Å². The van der Waals surface area contributed by atoms with E-state index in [0.717, 1.165) is 62.8 Å². The zero-order valence-electron chi connectivity index (χ0n) is 17.1. The highest BCUT2D eigenvalue weighted by Crippen LogP contribution is 2.36. The summed E-state index contributed by atoms with van der Waals surface area (Å²) in [6.07, 6.45) is 2.23. The number of rotatable bonds is 8. The Morgan fingerprint density at radius 1 is 1.03 bits per heavy atom. The number of anilines is 1. The second kappa shape index (κ2) is 10.3. The molecule has 2 heterocycles. The molecule has 1 saturated heterocycles. The first-order valence-corrected chi connectivity index (χ1v) is 11.2. The maximum absolute atomic E-state index is 5.95. The molecule has 1 atom stereocenters. The van der Waals surface area contributed by atoms with E-state index in [0.29, 0.717) is 6.61 Å². The lowest BCUT2D eigenvalue weighted by atomic mass is 10.1. The summed E-state index contributed by atoms with van der Waals surface area (Å²) in [7, 11) is 1.77. The van der Waals surface area contributed by atoms with Gasteiger partial charge in [-0.1, -0.05) is 30.3 Å². The first-order valence-electron chi connectivity index (χ1n) is 10.4. The second-order valence-electron chi connectivity index (χ2n) is 7.55. The molecule has 0 radical (unpaired) electrons. The zero-order chi connectivity index (χ0) is 19.9. The summed E-state index contributed by atoms with van der Waals surface area (Å²) in [6, 6.07) is 16.9. The molecule has 2 aliphatic rings. The number of hydrogen-bond donors (Lipinski definition) is 0. The molecule has 0 bridgehead atoms. The van der Waals surface area contributed by atoms with Crippen LogP contribution in [0.1, 0.15) is 12.0 Å². The van der Waals surface area contributed by atoms with Crippen molar-refractivity contribution in [2.45, 2.75) is 23.8 Å². The molecule has 29 heavy (non-hydrogen) atoms.